The Bertz CT molecular complexity index is 1480. The van der Waals surface area contributed by atoms with Crippen LogP contribution < -0.4 is 5.32 Å². The summed E-state index contributed by atoms with van der Waals surface area (Å²) in [5.41, 5.74) is 2.82. The van der Waals surface area contributed by atoms with Gasteiger partial charge in [0.1, 0.15) is 0 Å². The zero-order valence-corrected chi connectivity index (χ0v) is 25.4. The molecule has 2 aliphatic rings. The topological polar surface area (TPSA) is 74.8 Å². The van der Waals surface area contributed by atoms with Crippen LogP contribution in [0.4, 0.5) is 18.0 Å². The van der Waals surface area contributed by atoms with Crippen molar-refractivity contribution in [3.63, 3.8) is 0 Å². The molecule has 0 radical (unpaired) electrons. The second-order valence-electron chi connectivity index (χ2n) is 12.4. The van der Waals surface area contributed by atoms with E-state index in [1.54, 1.807) is 29.3 Å². The summed E-state index contributed by atoms with van der Waals surface area (Å²) < 4.78 is 46.2. The Morgan fingerprint density at radius 1 is 0.977 bits per heavy atom. The molecule has 0 bridgehead atoms. The van der Waals surface area contributed by atoms with E-state index in [1.165, 1.54) is 6.07 Å². The molecule has 10 heteroatoms. The molecule has 2 aromatic carbocycles. The number of benzene rings is 2. The van der Waals surface area contributed by atoms with Crippen LogP contribution in [0.1, 0.15) is 72.4 Å². The van der Waals surface area contributed by atoms with Gasteiger partial charge in [-0.2, -0.15) is 13.2 Å². The van der Waals surface area contributed by atoms with Crippen molar-refractivity contribution in [3.8, 4) is 11.1 Å². The number of amides is 2. The maximum Gasteiger partial charge on any atom is 0.416 e. The van der Waals surface area contributed by atoms with Gasteiger partial charge in [0.15, 0.2) is 5.78 Å². The summed E-state index contributed by atoms with van der Waals surface area (Å²) in [6, 6.07) is 14.2. The number of ether oxygens (including phenoxy) is 1. The van der Waals surface area contributed by atoms with Gasteiger partial charge in [0.25, 0.3) is 0 Å². The molecule has 1 aromatic heterocycles. The fourth-order valence-corrected chi connectivity index (χ4v) is 6.03. The van der Waals surface area contributed by atoms with Crippen molar-refractivity contribution in [2.45, 2.75) is 64.3 Å². The summed E-state index contributed by atoms with van der Waals surface area (Å²) in [6.07, 6.45) is -1.50. The van der Waals surface area contributed by atoms with Crippen molar-refractivity contribution < 1.29 is 27.5 Å². The number of hydrogen-bond donors (Lipinski definition) is 1. The first-order valence-corrected chi connectivity index (χ1v) is 15.1. The second-order valence-corrected chi connectivity index (χ2v) is 12.4. The highest BCUT2D eigenvalue weighted by molar-refractivity contribution is 5.99. The van der Waals surface area contributed by atoms with Crippen LogP contribution in [0.3, 0.4) is 0 Å². The van der Waals surface area contributed by atoms with E-state index in [0.717, 1.165) is 36.5 Å². The van der Waals surface area contributed by atoms with Crippen LogP contribution in [0, 0.1) is 0 Å². The number of urea groups is 1. The molecule has 0 aliphatic carbocycles. The van der Waals surface area contributed by atoms with E-state index in [2.05, 4.69) is 15.2 Å². The molecule has 7 nitrogen and oxygen atoms in total. The lowest BCUT2D eigenvalue weighted by molar-refractivity contribution is -0.137. The molecule has 44 heavy (non-hydrogen) atoms. The van der Waals surface area contributed by atoms with Crippen molar-refractivity contribution >= 4 is 11.8 Å². The predicted molar refractivity (Wildman–Crippen MR) is 162 cm³/mol. The molecule has 2 aliphatic heterocycles. The quantitative estimate of drug-likeness (QED) is 0.304. The summed E-state index contributed by atoms with van der Waals surface area (Å²) >= 11 is 0. The monoisotopic (exact) mass is 608 g/mol. The number of carbonyl (C=O) groups excluding carboxylic acids is 2. The van der Waals surface area contributed by atoms with E-state index in [1.807, 2.05) is 39.0 Å². The van der Waals surface area contributed by atoms with Gasteiger partial charge in [-0.05, 0) is 80.1 Å². The van der Waals surface area contributed by atoms with Crippen LogP contribution >= 0.6 is 0 Å². The van der Waals surface area contributed by atoms with E-state index in [4.69, 9.17) is 4.74 Å². The molecular formula is C34H39F3N4O3. The van der Waals surface area contributed by atoms with Crippen LogP contribution in [-0.4, -0.2) is 65.0 Å². The Balaban J connectivity index is 1.47. The standard InChI is InChI=1S/C34H39F3N4O3/c1-33(2,3)39-32(43)41-16-14-26-25(23-7-6-8-24(21-23)34(35,36)37)10-11-27(28(26)22-41)31(42)13-12-30(29-9-4-5-15-38-29)40-17-19-44-20-18-40/h4-11,15,21,30H,12-14,16-20,22H2,1-3H3,(H,39,43). The molecule has 0 spiro atoms. The van der Waals surface area contributed by atoms with Crippen LogP contribution in [0.25, 0.3) is 11.1 Å². The lowest BCUT2D eigenvalue weighted by atomic mass is 9.85. The molecule has 3 aromatic rings. The number of rotatable bonds is 7. The first kappa shape index (κ1) is 31.7. The van der Waals surface area contributed by atoms with Gasteiger partial charge in [0.2, 0.25) is 0 Å². The second kappa shape index (κ2) is 13.1. The highest BCUT2D eigenvalue weighted by Crippen LogP contribution is 2.37. The maximum absolute atomic E-state index is 13.9. The number of ketones is 1. The first-order chi connectivity index (χ1) is 20.9. The van der Waals surface area contributed by atoms with Gasteiger partial charge in [0, 0.05) is 49.9 Å². The number of alkyl halides is 3. The molecule has 3 heterocycles. The van der Waals surface area contributed by atoms with Gasteiger partial charge in [-0.25, -0.2) is 4.79 Å². The SMILES string of the molecule is CC(C)(C)NC(=O)N1CCc2c(-c3cccc(C(F)(F)F)c3)ccc(C(=O)CCC(c3ccccn3)N3CCOCC3)c2C1. The third-order valence-electron chi connectivity index (χ3n) is 8.14. The number of aromatic nitrogens is 1. The highest BCUT2D eigenvalue weighted by Gasteiger charge is 2.33. The fraction of sp³-hybridized carbons (Fsp3) is 0.441. The minimum absolute atomic E-state index is 0.0571. The fourth-order valence-electron chi connectivity index (χ4n) is 6.03. The van der Waals surface area contributed by atoms with Crippen molar-refractivity contribution in [1.82, 2.24) is 20.1 Å². The molecule has 234 valence electrons. The van der Waals surface area contributed by atoms with Crippen LogP contribution in [0.2, 0.25) is 0 Å². The molecule has 0 saturated carbocycles. The minimum atomic E-state index is -4.47. The van der Waals surface area contributed by atoms with Gasteiger partial charge in [-0.3, -0.25) is 14.7 Å². The molecule has 1 unspecified atom stereocenters. The Morgan fingerprint density at radius 2 is 1.75 bits per heavy atom. The van der Waals surface area contributed by atoms with Crippen LogP contribution in [0.5, 0.6) is 0 Å². The summed E-state index contributed by atoms with van der Waals surface area (Å²) in [5, 5.41) is 2.99. The smallest absolute Gasteiger partial charge is 0.379 e. The third-order valence-corrected chi connectivity index (χ3v) is 8.14. The summed E-state index contributed by atoms with van der Waals surface area (Å²) in [5.74, 6) is -0.0656. The number of morpholine rings is 1. The van der Waals surface area contributed by atoms with Crippen molar-refractivity contribution in [2.24, 2.45) is 0 Å². The average molecular weight is 609 g/mol. The van der Waals surface area contributed by atoms with Gasteiger partial charge < -0.3 is 15.0 Å². The van der Waals surface area contributed by atoms with E-state index in [-0.39, 0.29) is 30.8 Å². The number of pyridine rings is 1. The number of carbonyl (C=O) groups is 2. The van der Waals surface area contributed by atoms with Gasteiger partial charge >= 0.3 is 12.2 Å². The molecule has 1 atom stereocenters. The number of nitrogens with one attached hydrogen (secondary N) is 1. The maximum atomic E-state index is 13.9. The number of hydrogen-bond acceptors (Lipinski definition) is 5. The Morgan fingerprint density at radius 3 is 2.43 bits per heavy atom. The van der Waals surface area contributed by atoms with Gasteiger partial charge in [-0.15, -0.1) is 0 Å². The molecule has 1 fully saturated rings. The van der Waals surface area contributed by atoms with E-state index in [9.17, 15) is 22.8 Å². The third kappa shape index (κ3) is 7.47. The number of halogens is 3. The molecular weight excluding hydrogens is 569 g/mol. The van der Waals surface area contributed by atoms with Crippen molar-refractivity contribution in [1.29, 1.82) is 0 Å². The zero-order chi connectivity index (χ0) is 31.5. The van der Waals surface area contributed by atoms with Gasteiger partial charge in [-0.1, -0.05) is 30.3 Å². The summed E-state index contributed by atoms with van der Waals surface area (Å²) in [6.45, 7) is 9.00. The summed E-state index contributed by atoms with van der Waals surface area (Å²) in [4.78, 5) is 35.6. The normalized spacial score (nSPS) is 16.7. The Hall–Kier alpha value is -3.76. The largest absolute Gasteiger partial charge is 0.416 e. The summed E-state index contributed by atoms with van der Waals surface area (Å²) in [7, 11) is 0. The van der Waals surface area contributed by atoms with Crippen molar-refractivity contribution in [2.75, 3.05) is 32.8 Å². The highest BCUT2D eigenvalue weighted by atomic mass is 19.4. The van der Waals surface area contributed by atoms with E-state index in [0.29, 0.717) is 54.9 Å². The van der Waals surface area contributed by atoms with E-state index < -0.39 is 17.3 Å². The van der Waals surface area contributed by atoms with Crippen molar-refractivity contribution in [3.05, 3.63) is 88.7 Å². The molecule has 1 N–H and O–H groups in total. The molecule has 2 amide bonds. The average Bonchev–Trinajstić information content (AvgIpc) is 3.00. The van der Waals surface area contributed by atoms with Crippen LogP contribution in [-0.2, 0) is 23.9 Å². The lowest BCUT2D eigenvalue weighted by Crippen LogP contribution is -2.50. The Kier molecular flexibility index (Phi) is 9.41. The Labute approximate surface area is 256 Å². The molecule has 5 rings (SSSR count). The first-order valence-electron chi connectivity index (χ1n) is 15.1. The number of fused-ring (bicyclic) bond motifs is 1. The molecule has 1 saturated heterocycles. The predicted octanol–water partition coefficient (Wildman–Crippen LogP) is 6.67. The minimum Gasteiger partial charge on any atom is -0.379 e. The zero-order valence-electron chi connectivity index (χ0n) is 25.4. The van der Waals surface area contributed by atoms with E-state index >= 15 is 0 Å². The van der Waals surface area contributed by atoms with Gasteiger partial charge in [0.05, 0.1) is 30.5 Å². The number of nitrogens with zero attached hydrogens (tertiary/aromatic N) is 3. The van der Waals surface area contributed by atoms with Crippen LogP contribution in [0.15, 0.2) is 60.8 Å². The number of Topliss-reactive ketones (excluding diaryl/α,β-unsaturated/α-hetero) is 1. The lowest BCUT2D eigenvalue weighted by Gasteiger charge is -2.35.